The van der Waals surface area contributed by atoms with Crippen molar-refractivity contribution in [1.29, 1.82) is 0 Å². The Labute approximate surface area is 107 Å². The highest BCUT2D eigenvalue weighted by atomic mass is 15.3. The molecule has 0 spiro atoms. The van der Waals surface area contributed by atoms with Gasteiger partial charge in [-0.2, -0.15) is 0 Å². The van der Waals surface area contributed by atoms with Crippen molar-refractivity contribution in [3.8, 4) is 0 Å². The molecule has 17 heavy (non-hydrogen) atoms. The van der Waals surface area contributed by atoms with Crippen LogP contribution in [0.1, 0.15) is 60.3 Å². The first-order chi connectivity index (χ1) is 7.72. The van der Waals surface area contributed by atoms with Gasteiger partial charge < -0.3 is 0 Å². The molecule has 1 unspecified atom stereocenters. The Morgan fingerprint density at radius 2 is 1.71 bits per heavy atom. The van der Waals surface area contributed by atoms with E-state index >= 15 is 0 Å². The summed E-state index contributed by atoms with van der Waals surface area (Å²) in [7, 11) is 2.34. The van der Waals surface area contributed by atoms with Gasteiger partial charge in [0.15, 0.2) is 0 Å². The van der Waals surface area contributed by atoms with Crippen LogP contribution in [0.5, 0.6) is 0 Å². The molecular formula is C15H30N2. The average Bonchev–Trinajstić information content (AvgIpc) is 2.37. The Balaban J connectivity index is 2.04. The van der Waals surface area contributed by atoms with E-state index < -0.39 is 0 Å². The molecule has 2 rings (SSSR count). The maximum Gasteiger partial charge on any atom is 0.0240 e. The highest BCUT2D eigenvalue weighted by Gasteiger charge is 2.45. The summed E-state index contributed by atoms with van der Waals surface area (Å²) in [5.41, 5.74) is 0.639. The summed E-state index contributed by atoms with van der Waals surface area (Å²) in [4.78, 5) is 5.36. The predicted molar refractivity (Wildman–Crippen MR) is 74.3 cm³/mol. The summed E-state index contributed by atoms with van der Waals surface area (Å²) in [5.74, 6) is 0. The predicted octanol–water partition coefficient (Wildman–Crippen LogP) is 3.12. The van der Waals surface area contributed by atoms with E-state index in [1.807, 2.05) is 0 Å². The van der Waals surface area contributed by atoms with Crippen LogP contribution in [-0.4, -0.2) is 46.6 Å². The van der Waals surface area contributed by atoms with Crippen molar-refractivity contribution in [2.75, 3.05) is 13.6 Å². The van der Waals surface area contributed by atoms with Crippen molar-refractivity contribution in [1.82, 2.24) is 9.80 Å². The molecule has 1 heterocycles. The van der Waals surface area contributed by atoms with Crippen LogP contribution < -0.4 is 0 Å². The molecule has 0 N–H and O–H groups in total. The maximum atomic E-state index is 2.69. The van der Waals surface area contributed by atoms with E-state index in [-0.39, 0.29) is 0 Å². The van der Waals surface area contributed by atoms with Crippen molar-refractivity contribution in [2.45, 2.75) is 83.5 Å². The van der Waals surface area contributed by atoms with Crippen LogP contribution >= 0.6 is 0 Å². The molecule has 0 amide bonds. The SMILES string of the molecule is CN(C1CCC1)C1CN(C(C)(C)C)C(C)(C)C1. The lowest BCUT2D eigenvalue weighted by atomic mass is 9.89. The molecular weight excluding hydrogens is 208 g/mol. The normalized spacial score (nSPS) is 30.9. The fourth-order valence-corrected chi connectivity index (χ4v) is 3.76. The molecule has 0 aromatic rings. The van der Waals surface area contributed by atoms with Crippen LogP contribution in [0.2, 0.25) is 0 Å². The first-order valence-electron chi connectivity index (χ1n) is 7.21. The van der Waals surface area contributed by atoms with Crippen LogP contribution in [0.15, 0.2) is 0 Å². The van der Waals surface area contributed by atoms with Crippen LogP contribution in [-0.2, 0) is 0 Å². The number of likely N-dealkylation sites (N-methyl/N-ethyl adjacent to an activating group) is 1. The van der Waals surface area contributed by atoms with E-state index in [4.69, 9.17) is 0 Å². The van der Waals surface area contributed by atoms with Gasteiger partial charge in [0, 0.05) is 29.7 Å². The van der Waals surface area contributed by atoms with E-state index in [2.05, 4.69) is 51.5 Å². The number of nitrogens with zero attached hydrogens (tertiary/aromatic N) is 2. The van der Waals surface area contributed by atoms with Gasteiger partial charge in [0.2, 0.25) is 0 Å². The number of likely N-dealkylation sites (tertiary alicyclic amines) is 1. The van der Waals surface area contributed by atoms with Crippen LogP contribution in [0.25, 0.3) is 0 Å². The van der Waals surface area contributed by atoms with E-state index in [9.17, 15) is 0 Å². The van der Waals surface area contributed by atoms with Gasteiger partial charge in [-0.3, -0.25) is 9.80 Å². The summed E-state index contributed by atoms with van der Waals surface area (Å²) < 4.78 is 0. The van der Waals surface area contributed by atoms with E-state index in [0.717, 1.165) is 12.1 Å². The van der Waals surface area contributed by atoms with Crippen LogP contribution in [0.3, 0.4) is 0 Å². The first-order valence-corrected chi connectivity index (χ1v) is 7.21. The molecule has 2 aliphatic rings. The molecule has 1 saturated heterocycles. The molecule has 0 radical (unpaired) electrons. The lowest BCUT2D eigenvalue weighted by molar-refractivity contribution is 0.0619. The topological polar surface area (TPSA) is 6.48 Å². The molecule has 0 aromatic heterocycles. The van der Waals surface area contributed by atoms with E-state index in [1.54, 1.807) is 0 Å². The summed E-state index contributed by atoms with van der Waals surface area (Å²) in [6.45, 7) is 13.1. The molecule has 2 fully saturated rings. The zero-order chi connectivity index (χ0) is 12.8. The maximum absolute atomic E-state index is 2.69. The highest BCUT2D eigenvalue weighted by Crippen LogP contribution is 2.38. The summed E-state index contributed by atoms with van der Waals surface area (Å²) in [6.07, 6.45) is 5.59. The van der Waals surface area contributed by atoms with E-state index in [0.29, 0.717) is 11.1 Å². The minimum Gasteiger partial charge on any atom is -0.299 e. The van der Waals surface area contributed by atoms with Gasteiger partial charge >= 0.3 is 0 Å². The van der Waals surface area contributed by atoms with Crippen molar-refractivity contribution >= 4 is 0 Å². The van der Waals surface area contributed by atoms with Gasteiger partial charge in [-0.25, -0.2) is 0 Å². The lowest BCUT2D eigenvalue weighted by Crippen LogP contribution is -2.50. The number of hydrogen-bond acceptors (Lipinski definition) is 2. The summed E-state index contributed by atoms with van der Waals surface area (Å²) in [6, 6.07) is 1.63. The quantitative estimate of drug-likeness (QED) is 0.729. The molecule has 1 aliphatic heterocycles. The van der Waals surface area contributed by atoms with Crippen molar-refractivity contribution < 1.29 is 0 Å². The molecule has 1 atom stereocenters. The van der Waals surface area contributed by atoms with Crippen molar-refractivity contribution in [2.24, 2.45) is 0 Å². The second kappa shape index (κ2) is 4.24. The molecule has 0 aromatic carbocycles. The Morgan fingerprint density at radius 3 is 2.06 bits per heavy atom. The third-order valence-electron chi connectivity index (χ3n) is 4.90. The number of hydrogen-bond donors (Lipinski definition) is 0. The largest absolute Gasteiger partial charge is 0.299 e. The third-order valence-corrected chi connectivity index (χ3v) is 4.90. The second-order valence-electron chi connectivity index (χ2n) is 7.70. The van der Waals surface area contributed by atoms with E-state index in [1.165, 1.54) is 32.2 Å². The van der Waals surface area contributed by atoms with Gasteiger partial charge in [0.05, 0.1) is 0 Å². The Bertz CT molecular complexity index is 273. The average molecular weight is 238 g/mol. The summed E-state index contributed by atoms with van der Waals surface area (Å²) >= 11 is 0. The van der Waals surface area contributed by atoms with Gasteiger partial charge in [-0.05, 0) is 60.9 Å². The molecule has 1 saturated carbocycles. The van der Waals surface area contributed by atoms with Crippen LogP contribution in [0.4, 0.5) is 0 Å². The zero-order valence-corrected chi connectivity index (χ0v) is 12.6. The Hall–Kier alpha value is -0.0800. The van der Waals surface area contributed by atoms with Crippen molar-refractivity contribution in [3.05, 3.63) is 0 Å². The second-order valence-corrected chi connectivity index (χ2v) is 7.70. The standard InChI is InChI=1S/C15H30N2/c1-14(2,3)17-11-13(10-15(17,4)5)16(6)12-8-7-9-12/h12-13H,7-11H2,1-6H3. The van der Waals surface area contributed by atoms with Gasteiger partial charge in [-0.15, -0.1) is 0 Å². The van der Waals surface area contributed by atoms with Gasteiger partial charge in [0.25, 0.3) is 0 Å². The Morgan fingerprint density at radius 1 is 1.12 bits per heavy atom. The smallest absolute Gasteiger partial charge is 0.0240 e. The molecule has 2 nitrogen and oxygen atoms in total. The molecule has 1 aliphatic carbocycles. The minimum absolute atomic E-state index is 0.290. The number of rotatable bonds is 2. The van der Waals surface area contributed by atoms with Gasteiger partial charge in [0.1, 0.15) is 0 Å². The third kappa shape index (κ3) is 2.53. The lowest BCUT2D eigenvalue weighted by Gasteiger charge is -2.42. The molecule has 100 valence electrons. The monoisotopic (exact) mass is 238 g/mol. The molecule has 2 heteroatoms. The molecule has 0 bridgehead atoms. The minimum atomic E-state index is 0.290. The first kappa shape index (κ1) is 13.4. The van der Waals surface area contributed by atoms with Gasteiger partial charge in [-0.1, -0.05) is 6.42 Å². The fraction of sp³-hybridized carbons (Fsp3) is 1.00. The fourth-order valence-electron chi connectivity index (χ4n) is 3.76. The van der Waals surface area contributed by atoms with Crippen LogP contribution in [0, 0.1) is 0 Å². The summed E-state index contributed by atoms with van der Waals surface area (Å²) in [5, 5.41) is 0. The zero-order valence-electron chi connectivity index (χ0n) is 12.6. The van der Waals surface area contributed by atoms with Crippen molar-refractivity contribution in [3.63, 3.8) is 0 Å². The highest BCUT2D eigenvalue weighted by molar-refractivity contribution is 5.02. The Kier molecular flexibility index (Phi) is 3.33.